The van der Waals surface area contributed by atoms with Crippen LogP contribution in [0.1, 0.15) is 22.7 Å². The van der Waals surface area contributed by atoms with Gasteiger partial charge in [-0.3, -0.25) is 9.59 Å². The first-order chi connectivity index (χ1) is 18.0. The molecule has 0 bridgehead atoms. The largest absolute Gasteiger partial charge is 0.507 e. The first kappa shape index (κ1) is 25.8. The SMILES string of the molecule is COCCN1C(=O)C(=O)/C(=C(/O)c2ccc(OCc3ccccc3)cc2)C1c1cccc(OC)c1OC. The number of hydrogen-bond donors (Lipinski definition) is 1. The number of ketones is 1. The molecule has 1 heterocycles. The number of carbonyl (C=O) groups excluding carboxylic acids is 2. The zero-order chi connectivity index (χ0) is 26.4. The molecule has 1 unspecified atom stereocenters. The molecule has 3 aromatic rings. The van der Waals surface area contributed by atoms with Gasteiger partial charge in [-0.2, -0.15) is 0 Å². The monoisotopic (exact) mass is 503 g/mol. The average molecular weight is 504 g/mol. The first-order valence-corrected chi connectivity index (χ1v) is 11.8. The fourth-order valence-electron chi connectivity index (χ4n) is 4.36. The molecule has 1 aliphatic rings. The standard InChI is InChI=1S/C29H29NO7/c1-34-17-16-30-25(22-10-7-11-23(35-2)28(22)36-3)24(27(32)29(30)33)26(31)20-12-14-21(15-13-20)37-18-19-8-5-4-6-9-19/h4-15,25,31H,16-18H2,1-3H3/b26-24+. The van der Waals surface area contributed by atoms with Crippen molar-refractivity contribution in [3.63, 3.8) is 0 Å². The predicted octanol–water partition coefficient (Wildman–Crippen LogP) is 4.35. The molecule has 0 aromatic heterocycles. The number of ether oxygens (including phenoxy) is 4. The summed E-state index contributed by atoms with van der Waals surface area (Å²) < 4.78 is 22.0. The van der Waals surface area contributed by atoms with E-state index in [0.29, 0.717) is 35.0 Å². The Morgan fingerprint density at radius 1 is 0.892 bits per heavy atom. The quantitative estimate of drug-likeness (QED) is 0.250. The van der Waals surface area contributed by atoms with Gasteiger partial charge < -0.3 is 29.0 Å². The predicted molar refractivity (Wildman–Crippen MR) is 138 cm³/mol. The lowest BCUT2D eigenvalue weighted by Crippen LogP contribution is -2.32. The summed E-state index contributed by atoms with van der Waals surface area (Å²) in [4.78, 5) is 27.6. The lowest BCUT2D eigenvalue weighted by atomic mass is 9.94. The highest BCUT2D eigenvalue weighted by Crippen LogP contribution is 2.45. The van der Waals surface area contributed by atoms with Crippen molar-refractivity contribution in [3.8, 4) is 17.2 Å². The maximum Gasteiger partial charge on any atom is 0.295 e. The molecule has 192 valence electrons. The van der Waals surface area contributed by atoms with Crippen LogP contribution in [0.25, 0.3) is 5.76 Å². The van der Waals surface area contributed by atoms with E-state index < -0.39 is 17.7 Å². The number of rotatable bonds is 10. The van der Waals surface area contributed by atoms with E-state index in [0.717, 1.165) is 5.56 Å². The third-order valence-electron chi connectivity index (χ3n) is 6.18. The molecular formula is C29H29NO7. The van der Waals surface area contributed by atoms with Gasteiger partial charge in [-0.25, -0.2) is 0 Å². The Morgan fingerprint density at radius 2 is 1.62 bits per heavy atom. The van der Waals surface area contributed by atoms with Crippen molar-refractivity contribution >= 4 is 17.4 Å². The maximum atomic E-state index is 13.2. The Hall–Kier alpha value is -4.30. The third-order valence-corrected chi connectivity index (χ3v) is 6.18. The Balaban J connectivity index is 1.72. The van der Waals surface area contributed by atoms with Crippen molar-refractivity contribution in [1.82, 2.24) is 4.90 Å². The molecule has 0 spiro atoms. The molecule has 1 atom stereocenters. The minimum atomic E-state index is -0.894. The zero-order valence-electron chi connectivity index (χ0n) is 21.0. The van der Waals surface area contributed by atoms with E-state index in [-0.39, 0.29) is 24.5 Å². The van der Waals surface area contributed by atoms with E-state index in [2.05, 4.69) is 0 Å². The molecule has 0 aliphatic carbocycles. The Kier molecular flexibility index (Phi) is 8.10. The normalized spacial score (nSPS) is 16.6. The highest BCUT2D eigenvalue weighted by atomic mass is 16.5. The fourth-order valence-corrected chi connectivity index (χ4v) is 4.36. The van der Waals surface area contributed by atoms with Crippen molar-refractivity contribution in [2.45, 2.75) is 12.6 Å². The summed E-state index contributed by atoms with van der Waals surface area (Å²) >= 11 is 0. The molecule has 1 N–H and O–H groups in total. The van der Waals surface area contributed by atoms with Crippen LogP contribution >= 0.6 is 0 Å². The van der Waals surface area contributed by atoms with E-state index in [9.17, 15) is 14.7 Å². The van der Waals surface area contributed by atoms with Gasteiger partial charge in [-0.05, 0) is 35.9 Å². The highest BCUT2D eigenvalue weighted by Gasteiger charge is 2.47. The van der Waals surface area contributed by atoms with Crippen molar-refractivity contribution in [2.75, 3.05) is 34.5 Å². The van der Waals surface area contributed by atoms with Gasteiger partial charge in [-0.15, -0.1) is 0 Å². The van der Waals surface area contributed by atoms with Gasteiger partial charge in [0.25, 0.3) is 11.7 Å². The van der Waals surface area contributed by atoms with Crippen LogP contribution in [0.4, 0.5) is 0 Å². The van der Waals surface area contributed by atoms with E-state index in [1.807, 2.05) is 30.3 Å². The van der Waals surface area contributed by atoms with Crippen LogP contribution in [0, 0.1) is 0 Å². The molecular weight excluding hydrogens is 474 g/mol. The molecule has 1 aliphatic heterocycles. The number of amides is 1. The van der Waals surface area contributed by atoms with Crippen LogP contribution in [-0.2, 0) is 20.9 Å². The Morgan fingerprint density at radius 3 is 2.27 bits per heavy atom. The topological polar surface area (TPSA) is 94.5 Å². The smallest absolute Gasteiger partial charge is 0.295 e. The van der Waals surface area contributed by atoms with Gasteiger partial charge >= 0.3 is 0 Å². The second-order valence-corrected chi connectivity index (χ2v) is 8.37. The van der Waals surface area contributed by atoms with Gasteiger partial charge in [0.1, 0.15) is 18.1 Å². The van der Waals surface area contributed by atoms with Crippen molar-refractivity contribution < 1.29 is 33.6 Å². The third kappa shape index (κ3) is 5.29. The van der Waals surface area contributed by atoms with Gasteiger partial charge in [0.2, 0.25) is 0 Å². The molecule has 0 radical (unpaired) electrons. The summed E-state index contributed by atoms with van der Waals surface area (Å²) in [6.07, 6.45) is 0. The summed E-state index contributed by atoms with van der Waals surface area (Å²) in [5.41, 5.74) is 1.88. The summed E-state index contributed by atoms with van der Waals surface area (Å²) in [5.74, 6) is -0.383. The number of aliphatic hydroxyl groups excluding tert-OH is 1. The summed E-state index contributed by atoms with van der Waals surface area (Å²) in [6.45, 7) is 0.755. The zero-order valence-corrected chi connectivity index (χ0v) is 21.0. The molecule has 37 heavy (non-hydrogen) atoms. The maximum absolute atomic E-state index is 13.2. The molecule has 8 nitrogen and oxygen atoms in total. The van der Waals surface area contributed by atoms with Gasteiger partial charge in [0, 0.05) is 24.8 Å². The van der Waals surface area contributed by atoms with Crippen LogP contribution in [0.3, 0.4) is 0 Å². The van der Waals surface area contributed by atoms with Gasteiger partial charge in [0.05, 0.1) is 32.4 Å². The van der Waals surface area contributed by atoms with Crippen LogP contribution in [0.5, 0.6) is 17.2 Å². The van der Waals surface area contributed by atoms with Crippen LogP contribution < -0.4 is 14.2 Å². The van der Waals surface area contributed by atoms with Crippen molar-refractivity contribution in [3.05, 3.63) is 95.1 Å². The number of carbonyl (C=O) groups is 2. The van der Waals surface area contributed by atoms with Crippen LogP contribution in [0.2, 0.25) is 0 Å². The lowest BCUT2D eigenvalue weighted by molar-refractivity contribution is -0.140. The van der Waals surface area contributed by atoms with E-state index >= 15 is 0 Å². The number of nitrogens with zero attached hydrogens (tertiary/aromatic N) is 1. The second kappa shape index (κ2) is 11.6. The number of methoxy groups -OCH3 is 3. The summed E-state index contributed by atoms with van der Waals surface area (Å²) in [6, 6.07) is 20.8. The molecule has 4 rings (SSSR count). The van der Waals surface area contributed by atoms with Gasteiger partial charge in [0.15, 0.2) is 11.5 Å². The van der Waals surface area contributed by atoms with Crippen molar-refractivity contribution in [2.24, 2.45) is 0 Å². The number of hydrogen-bond acceptors (Lipinski definition) is 7. The number of benzene rings is 3. The van der Waals surface area contributed by atoms with Crippen molar-refractivity contribution in [1.29, 1.82) is 0 Å². The average Bonchev–Trinajstić information content (AvgIpc) is 3.19. The number of likely N-dealkylation sites (tertiary alicyclic amines) is 1. The Labute approximate surface area is 215 Å². The van der Waals surface area contributed by atoms with E-state index in [4.69, 9.17) is 18.9 Å². The van der Waals surface area contributed by atoms with E-state index in [1.165, 1.54) is 26.2 Å². The fraction of sp³-hybridized carbons (Fsp3) is 0.241. The number of aliphatic hydroxyl groups is 1. The molecule has 8 heteroatoms. The lowest BCUT2D eigenvalue weighted by Gasteiger charge is -2.27. The molecule has 1 amide bonds. The molecule has 3 aromatic carbocycles. The summed E-state index contributed by atoms with van der Waals surface area (Å²) in [7, 11) is 4.50. The first-order valence-electron chi connectivity index (χ1n) is 11.8. The van der Waals surface area contributed by atoms with Gasteiger partial charge in [-0.1, -0.05) is 42.5 Å². The van der Waals surface area contributed by atoms with Crippen LogP contribution in [0.15, 0.2) is 78.4 Å². The minimum Gasteiger partial charge on any atom is -0.507 e. The van der Waals surface area contributed by atoms with Crippen LogP contribution in [-0.4, -0.2) is 56.2 Å². The summed E-state index contributed by atoms with van der Waals surface area (Å²) in [5, 5.41) is 11.3. The molecule has 1 saturated heterocycles. The van der Waals surface area contributed by atoms with E-state index in [1.54, 1.807) is 42.5 Å². The number of para-hydroxylation sites is 1. The molecule has 1 fully saturated rings. The Bertz CT molecular complexity index is 1290. The second-order valence-electron chi connectivity index (χ2n) is 8.37. The highest BCUT2D eigenvalue weighted by molar-refractivity contribution is 6.46. The minimum absolute atomic E-state index is 0.0365. The number of Topliss-reactive ketones (excluding diaryl/α,β-unsaturated/α-hetero) is 1. The molecule has 0 saturated carbocycles.